The highest BCUT2D eigenvalue weighted by molar-refractivity contribution is 5.74. The van der Waals surface area contributed by atoms with Crippen molar-refractivity contribution < 1.29 is 18.7 Å². The van der Waals surface area contributed by atoms with Crippen LogP contribution in [0.1, 0.15) is 31.0 Å². The van der Waals surface area contributed by atoms with Gasteiger partial charge in [-0.1, -0.05) is 32.0 Å². The summed E-state index contributed by atoms with van der Waals surface area (Å²) >= 11 is 0. The third-order valence-electron chi connectivity index (χ3n) is 4.53. The van der Waals surface area contributed by atoms with E-state index in [9.17, 15) is 9.18 Å². The summed E-state index contributed by atoms with van der Waals surface area (Å²) in [6.07, 6.45) is 0. The molecule has 0 aliphatic carbocycles. The van der Waals surface area contributed by atoms with Crippen LogP contribution in [0.5, 0.6) is 11.5 Å². The molecule has 1 atom stereocenters. The Labute approximate surface area is 159 Å². The molecule has 2 aromatic carbocycles. The Morgan fingerprint density at radius 3 is 2.59 bits per heavy atom. The minimum absolute atomic E-state index is 0.178. The van der Waals surface area contributed by atoms with E-state index in [0.29, 0.717) is 25.5 Å². The van der Waals surface area contributed by atoms with Crippen LogP contribution < -0.4 is 14.8 Å². The van der Waals surface area contributed by atoms with Crippen molar-refractivity contribution in [1.29, 1.82) is 0 Å². The Hall–Kier alpha value is -2.76. The lowest BCUT2D eigenvalue weighted by atomic mass is 9.95. The SMILES string of the molecule is CC(C)[C@H](NC(=O)N(C)Cc1cccc(F)c1)c1ccc2c(c1)OCCO2. The van der Waals surface area contributed by atoms with Gasteiger partial charge < -0.3 is 19.7 Å². The molecule has 6 heteroatoms. The Morgan fingerprint density at radius 2 is 1.89 bits per heavy atom. The van der Waals surface area contributed by atoms with E-state index in [2.05, 4.69) is 5.32 Å². The Morgan fingerprint density at radius 1 is 1.15 bits per heavy atom. The molecule has 0 unspecified atom stereocenters. The molecule has 144 valence electrons. The summed E-state index contributed by atoms with van der Waals surface area (Å²) in [6.45, 7) is 5.49. The van der Waals surface area contributed by atoms with Gasteiger partial charge in [-0.25, -0.2) is 9.18 Å². The molecule has 0 radical (unpaired) electrons. The summed E-state index contributed by atoms with van der Waals surface area (Å²) in [5.41, 5.74) is 1.70. The summed E-state index contributed by atoms with van der Waals surface area (Å²) in [6, 6.07) is 11.6. The smallest absolute Gasteiger partial charge is 0.317 e. The minimum Gasteiger partial charge on any atom is -0.486 e. The number of carbonyl (C=O) groups is 1. The second-order valence-corrected chi connectivity index (χ2v) is 7.06. The van der Waals surface area contributed by atoms with Crippen LogP contribution in [-0.4, -0.2) is 31.2 Å². The quantitative estimate of drug-likeness (QED) is 0.858. The van der Waals surface area contributed by atoms with E-state index in [1.807, 2.05) is 32.0 Å². The Kier molecular flexibility index (Phi) is 5.84. The first kappa shape index (κ1) is 19.0. The average molecular weight is 372 g/mol. The number of amides is 2. The molecule has 1 aliphatic rings. The molecule has 2 aromatic rings. The van der Waals surface area contributed by atoms with Gasteiger partial charge >= 0.3 is 6.03 Å². The van der Waals surface area contributed by atoms with Crippen LogP contribution in [0.4, 0.5) is 9.18 Å². The number of rotatable bonds is 5. The van der Waals surface area contributed by atoms with E-state index in [1.54, 1.807) is 24.1 Å². The number of halogens is 1. The van der Waals surface area contributed by atoms with Crippen molar-refractivity contribution in [2.45, 2.75) is 26.4 Å². The highest BCUT2D eigenvalue weighted by atomic mass is 19.1. The van der Waals surface area contributed by atoms with E-state index in [0.717, 1.165) is 16.9 Å². The number of nitrogens with zero attached hydrogens (tertiary/aromatic N) is 1. The zero-order valence-electron chi connectivity index (χ0n) is 15.9. The Balaban J connectivity index is 1.71. The second-order valence-electron chi connectivity index (χ2n) is 7.06. The van der Waals surface area contributed by atoms with E-state index in [4.69, 9.17) is 9.47 Å². The van der Waals surface area contributed by atoms with Gasteiger partial charge in [-0.05, 0) is 41.3 Å². The standard InChI is InChI=1S/C21H25FN2O3/c1-14(2)20(16-7-8-18-19(12-16)27-10-9-26-18)23-21(25)24(3)13-15-5-4-6-17(22)11-15/h4-8,11-12,14,20H,9-10,13H2,1-3H3,(H,23,25)/t20-/m0/s1. The molecule has 0 spiro atoms. The van der Waals surface area contributed by atoms with Gasteiger partial charge in [0.2, 0.25) is 0 Å². The monoisotopic (exact) mass is 372 g/mol. The largest absolute Gasteiger partial charge is 0.486 e. The van der Waals surface area contributed by atoms with Crippen molar-refractivity contribution in [1.82, 2.24) is 10.2 Å². The maximum atomic E-state index is 13.4. The fourth-order valence-corrected chi connectivity index (χ4v) is 3.11. The summed E-state index contributed by atoms with van der Waals surface area (Å²) in [5.74, 6) is 1.30. The maximum absolute atomic E-state index is 13.4. The molecule has 1 N–H and O–H groups in total. The second kappa shape index (κ2) is 8.29. The fourth-order valence-electron chi connectivity index (χ4n) is 3.11. The van der Waals surface area contributed by atoms with Gasteiger partial charge in [-0.15, -0.1) is 0 Å². The van der Waals surface area contributed by atoms with Crippen LogP contribution in [0.3, 0.4) is 0 Å². The molecule has 3 rings (SSSR count). The van der Waals surface area contributed by atoms with Gasteiger partial charge in [0.1, 0.15) is 19.0 Å². The lowest BCUT2D eigenvalue weighted by Crippen LogP contribution is -2.40. The first-order chi connectivity index (χ1) is 12.9. The molecule has 0 saturated heterocycles. The van der Waals surface area contributed by atoms with Gasteiger partial charge in [0.25, 0.3) is 0 Å². The van der Waals surface area contributed by atoms with Crippen molar-refractivity contribution >= 4 is 6.03 Å². The predicted molar refractivity (Wildman–Crippen MR) is 101 cm³/mol. The third kappa shape index (κ3) is 4.70. The summed E-state index contributed by atoms with van der Waals surface area (Å²) in [4.78, 5) is 14.2. The third-order valence-corrected chi connectivity index (χ3v) is 4.53. The topological polar surface area (TPSA) is 50.8 Å². The molecule has 0 saturated carbocycles. The van der Waals surface area contributed by atoms with Crippen molar-refractivity contribution in [2.75, 3.05) is 20.3 Å². The van der Waals surface area contributed by atoms with Crippen molar-refractivity contribution in [3.8, 4) is 11.5 Å². The lowest BCUT2D eigenvalue weighted by Gasteiger charge is -2.28. The molecular formula is C21H25FN2O3. The summed E-state index contributed by atoms with van der Waals surface area (Å²) in [5, 5.41) is 3.07. The van der Waals surface area contributed by atoms with Crippen molar-refractivity contribution in [3.63, 3.8) is 0 Å². The predicted octanol–water partition coefficient (Wildman–Crippen LogP) is 4.14. The number of urea groups is 1. The number of hydrogen-bond donors (Lipinski definition) is 1. The van der Waals surface area contributed by atoms with E-state index < -0.39 is 0 Å². The van der Waals surface area contributed by atoms with E-state index >= 15 is 0 Å². The maximum Gasteiger partial charge on any atom is 0.317 e. The van der Waals surface area contributed by atoms with E-state index in [-0.39, 0.29) is 23.8 Å². The van der Waals surface area contributed by atoms with E-state index in [1.165, 1.54) is 12.1 Å². The normalized spacial score (nSPS) is 14.0. The van der Waals surface area contributed by atoms with Crippen LogP contribution >= 0.6 is 0 Å². The number of carbonyl (C=O) groups excluding carboxylic acids is 1. The van der Waals surface area contributed by atoms with Crippen LogP contribution in [0.25, 0.3) is 0 Å². The summed E-state index contributed by atoms with van der Waals surface area (Å²) < 4.78 is 24.6. The van der Waals surface area contributed by atoms with Crippen LogP contribution in [-0.2, 0) is 6.54 Å². The average Bonchev–Trinajstić information content (AvgIpc) is 2.65. The number of ether oxygens (including phenoxy) is 2. The highest BCUT2D eigenvalue weighted by Gasteiger charge is 2.23. The minimum atomic E-state index is -0.308. The molecule has 1 heterocycles. The van der Waals surface area contributed by atoms with Gasteiger partial charge in [0.15, 0.2) is 11.5 Å². The first-order valence-corrected chi connectivity index (χ1v) is 9.09. The zero-order chi connectivity index (χ0) is 19.4. The molecule has 2 amide bonds. The lowest BCUT2D eigenvalue weighted by molar-refractivity contribution is 0.171. The molecule has 27 heavy (non-hydrogen) atoms. The van der Waals surface area contributed by atoms with Gasteiger partial charge in [0, 0.05) is 13.6 Å². The molecule has 0 bridgehead atoms. The van der Waals surface area contributed by atoms with Gasteiger partial charge in [-0.3, -0.25) is 0 Å². The first-order valence-electron chi connectivity index (χ1n) is 9.09. The highest BCUT2D eigenvalue weighted by Crippen LogP contribution is 2.34. The van der Waals surface area contributed by atoms with Crippen LogP contribution in [0.15, 0.2) is 42.5 Å². The van der Waals surface area contributed by atoms with Crippen molar-refractivity contribution in [3.05, 3.63) is 59.4 Å². The van der Waals surface area contributed by atoms with Crippen molar-refractivity contribution in [2.24, 2.45) is 5.92 Å². The summed E-state index contributed by atoms with van der Waals surface area (Å²) in [7, 11) is 1.70. The van der Waals surface area contributed by atoms with Gasteiger partial charge in [-0.2, -0.15) is 0 Å². The number of hydrogen-bond acceptors (Lipinski definition) is 3. The molecular weight excluding hydrogens is 347 g/mol. The number of fused-ring (bicyclic) bond motifs is 1. The molecule has 0 fully saturated rings. The Bertz CT molecular complexity index is 810. The fraction of sp³-hybridized carbons (Fsp3) is 0.381. The molecule has 0 aromatic heterocycles. The van der Waals surface area contributed by atoms with Crippen LogP contribution in [0, 0.1) is 11.7 Å². The number of benzene rings is 2. The van der Waals surface area contributed by atoms with Gasteiger partial charge in [0.05, 0.1) is 6.04 Å². The number of nitrogens with one attached hydrogen (secondary N) is 1. The zero-order valence-corrected chi connectivity index (χ0v) is 15.9. The van der Waals surface area contributed by atoms with Crippen LogP contribution in [0.2, 0.25) is 0 Å². The molecule has 5 nitrogen and oxygen atoms in total. The molecule has 1 aliphatic heterocycles.